The van der Waals surface area contributed by atoms with Gasteiger partial charge < -0.3 is 20.6 Å². The van der Waals surface area contributed by atoms with E-state index in [4.69, 9.17) is 0 Å². The summed E-state index contributed by atoms with van der Waals surface area (Å²) in [6, 6.07) is 12.9. The highest BCUT2D eigenvalue weighted by molar-refractivity contribution is 5.99. The Morgan fingerprint density at radius 3 is 2.50 bits per heavy atom. The number of pyridine rings is 1. The number of hydrazine groups is 2. The Bertz CT molecular complexity index is 1910. The van der Waals surface area contributed by atoms with Gasteiger partial charge in [-0.3, -0.25) is 9.99 Å². The van der Waals surface area contributed by atoms with Crippen LogP contribution in [0, 0.1) is 35.0 Å². The predicted molar refractivity (Wildman–Crippen MR) is 168 cm³/mol. The quantitative estimate of drug-likeness (QED) is 0.177. The third-order valence-corrected chi connectivity index (χ3v) is 8.37. The summed E-state index contributed by atoms with van der Waals surface area (Å²) in [5.74, 6) is 0. The zero-order valence-corrected chi connectivity index (χ0v) is 25.8. The van der Waals surface area contributed by atoms with Crippen molar-refractivity contribution in [2.75, 3.05) is 17.2 Å². The molecule has 4 aromatic rings. The molecule has 2 aliphatic rings. The molecule has 1 fully saturated rings. The van der Waals surface area contributed by atoms with Crippen molar-refractivity contribution in [3.8, 4) is 17.8 Å². The molecule has 1 aliphatic heterocycles. The summed E-state index contributed by atoms with van der Waals surface area (Å²) < 4.78 is 44.0. The minimum absolute atomic E-state index is 0.0169. The second-order valence-electron chi connectivity index (χ2n) is 12.9. The third kappa shape index (κ3) is 5.54. The van der Waals surface area contributed by atoms with E-state index in [0.29, 0.717) is 40.1 Å². The number of fused-ring (bicyclic) bond motifs is 1. The van der Waals surface area contributed by atoms with Crippen LogP contribution in [0.25, 0.3) is 16.6 Å². The van der Waals surface area contributed by atoms with Crippen molar-refractivity contribution >= 4 is 22.3 Å². The van der Waals surface area contributed by atoms with Gasteiger partial charge in [-0.1, -0.05) is 32.9 Å². The molecule has 1 aliphatic carbocycles. The molecule has 1 saturated carbocycles. The number of imidazole rings is 1. The first-order chi connectivity index (χ1) is 21.8. The molecule has 13 heteroatoms. The van der Waals surface area contributed by atoms with E-state index in [-0.39, 0.29) is 23.8 Å². The lowest BCUT2D eigenvalue weighted by Gasteiger charge is -2.28. The zero-order valence-electron chi connectivity index (χ0n) is 25.8. The van der Waals surface area contributed by atoms with Crippen molar-refractivity contribution in [1.82, 2.24) is 30.5 Å². The van der Waals surface area contributed by atoms with Crippen LogP contribution in [0.1, 0.15) is 61.9 Å². The van der Waals surface area contributed by atoms with Gasteiger partial charge in [-0.05, 0) is 54.5 Å². The van der Waals surface area contributed by atoms with Crippen LogP contribution < -0.4 is 21.6 Å². The smallest absolute Gasteiger partial charge is 0.383 e. The molecule has 236 valence electrons. The molecule has 2 aromatic heterocycles. The number of nitrogens with zero attached hydrogens (tertiary/aromatic N) is 6. The molecule has 3 heterocycles. The minimum atomic E-state index is -4.42. The highest BCUT2D eigenvalue weighted by Gasteiger charge is 2.67. The molecule has 0 spiro atoms. The SMILES string of the molecule is Cc1c([C@H](Nc2cc(C#N)c3ncc(C#N)c(NCC(C)(C)C)c3c2)C2=CN(C3(C(F)(F)F)CC3)NN2)cccc1-n1ccnc1. The summed E-state index contributed by atoms with van der Waals surface area (Å²) in [6.07, 6.45) is 3.63. The highest BCUT2D eigenvalue weighted by atomic mass is 19.4. The van der Waals surface area contributed by atoms with Gasteiger partial charge in [0.1, 0.15) is 12.1 Å². The summed E-state index contributed by atoms with van der Waals surface area (Å²) in [5, 5.41) is 28.6. The average molecular weight is 627 g/mol. The molecule has 6 rings (SSSR count). The molecule has 0 unspecified atom stereocenters. The Morgan fingerprint density at radius 2 is 1.87 bits per heavy atom. The first-order valence-electron chi connectivity index (χ1n) is 14.8. The Hall–Kier alpha value is -5.27. The number of halogens is 3. The standard InChI is InChI=1S/C33H33F3N10/c1-20-24(6-5-7-27(20)45-11-10-39-19-45)30(26-17-46(44-43-26)32(8-9-32)33(34,35)36)42-23-12-21(14-37)28-25(13-23)29(22(15-38)16-40-28)41-18-31(2,3)4/h5-7,10-13,16-17,19,30,42-44H,8-9,18H2,1-4H3,(H,40,41)/t30-/m0/s1. The number of anilines is 2. The van der Waals surface area contributed by atoms with Gasteiger partial charge in [-0.15, -0.1) is 5.53 Å². The van der Waals surface area contributed by atoms with Crippen molar-refractivity contribution in [3.05, 3.63) is 89.4 Å². The second-order valence-corrected chi connectivity index (χ2v) is 12.9. The van der Waals surface area contributed by atoms with Crippen LogP contribution in [-0.2, 0) is 0 Å². The molecule has 46 heavy (non-hydrogen) atoms. The van der Waals surface area contributed by atoms with Crippen LogP contribution >= 0.6 is 0 Å². The summed E-state index contributed by atoms with van der Waals surface area (Å²) in [4.78, 5) is 8.60. The summed E-state index contributed by atoms with van der Waals surface area (Å²) in [7, 11) is 0. The van der Waals surface area contributed by atoms with Crippen LogP contribution in [0.2, 0.25) is 0 Å². The van der Waals surface area contributed by atoms with Crippen LogP contribution in [0.15, 0.2) is 67.1 Å². The van der Waals surface area contributed by atoms with Crippen LogP contribution in [0.4, 0.5) is 24.5 Å². The van der Waals surface area contributed by atoms with E-state index in [1.165, 1.54) is 12.4 Å². The van der Waals surface area contributed by atoms with Gasteiger partial charge >= 0.3 is 6.18 Å². The number of hydrogen-bond donors (Lipinski definition) is 4. The summed E-state index contributed by atoms with van der Waals surface area (Å²) >= 11 is 0. The van der Waals surface area contributed by atoms with E-state index < -0.39 is 17.8 Å². The Morgan fingerprint density at radius 1 is 1.11 bits per heavy atom. The van der Waals surface area contributed by atoms with Crippen LogP contribution in [-0.4, -0.2) is 37.8 Å². The molecule has 0 amide bonds. The van der Waals surface area contributed by atoms with Crippen molar-refractivity contribution in [1.29, 1.82) is 10.5 Å². The number of hydrogen-bond acceptors (Lipinski definition) is 9. The molecule has 10 nitrogen and oxygen atoms in total. The molecule has 4 N–H and O–H groups in total. The molecule has 0 bridgehead atoms. The molecular weight excluding hydrogens is 593 g/mol. The summed E-state index contributed by atoms with van der Waals surface area (Å²) in [6.45, 7) is 8.70. The third-order valence-electron chi connectivity index (χ3n) is 8.37. The average Bonchev–Trinajstić information content (AvgIpc) is 3.41. The number of nitrogens with one attached hydrogen (secondary N) is 4. The fraction of sp³-hybridized carbons (Fsp3) is 0.333. The maximum atomic E-state index is 14.1. The molecule has 0 saturated heterocycles. The topological polar surface area (TPSA) is 130 Å². The minimum Gasteiger partial charge on any atom is -0.383 e. The Balaban J connectivity index is 1.48. The number of rotatable bonds is 8. The normalized spacial score (nSPS) is 16.3. The Kier molecular flexibility index (Phi) is 7.53. The first-order valence-corrected chi connectivity index (χ1v) is 14.8. The second kappa shape index (κ2) is 11.3. The van der Waals surface area contributed by atoms with Gasteiger partial charge in [0.05, 0.1) is 40.4 Å². The monoisotopic (exact) mass is 626 g/mol. The molecular formula is C33H33F3N10. The lowest BCUT2D eigenvalue weighted by atomic mass is 9.95. The van der Waals surface area contributed by atoms with Gasteiger partial charge in [0.15, 0.2) is 5.54 Å². The van der Waals surface area contributed by atoms with Crippen LogP contribution in [0.3, 0.4) is 0 Å². The predicted octanol–water partition coefficient (Wildman–Crippen LogP) is 6.34. The van der Waals surface area contributed by atoms with Gasteiger partial charge in [0.2, 0.25) is 0 Å². The largest absolute Gasteiger partial charge is 0.413 e. The lowest BCUT2D eigenvalue weighted by molar-refractivity contribution is -0.195. The molecule has 0 radical (unpaired) electrons. The number of alkyl halides is 3. The number of benzene rings is 2. The molecule has 1 atom stereocenters. The van der Waals surface area contributed by atoms with Crippen molar-refractivity contribution in [2.45, 2.75) is 58.3 Å². The van der Waals surface area contributed by atoms with Crippen molar-refractivity contribution in [2.24, 2.45) is 5.41 Å². The van der Waals surface area contributed by atoms with E-state index >= 15 is 0 Å². The fourth-order valence-electron chi connectivity index (χ4n) is 5.71. The van der Waals surface area contributed by atoms with Crippen molar-refractivity contribution in [3.63, 3.8) is 0 Å². The highest BCUT2D eigenvalue weighted by Crippen LogP contribution is 2.54. The number of nitriles is 2. The van der Waals surface area contributed by atoms with E-state index in [1.54, 1.807) is 18.6 Å². The van der Waals surface area contributed by atoms with Gasteiger partial charge in [0.25, 0.3) is 0 Å². The zero-order chi connectivity index (χ0) is 32.9. The van der Waals surface area contributed by atoms with Crippen molar-refractivity contribution < 1.29 is 13.2 Å². The number of aromatic nitrogens is 3. The van der Waals surface area contributed by atoms with E-state index in [2.05, 4.69) is 64.5 Å². The van der Waals surface area contributed by atoms with E-state index in [1.807, 2.05) is 42.0 Å². The molecule has 2 aromatic carbocycles. The maximum Gasteiger partial charge on any atom is 0.413 e. The lowest BCUT2D eigenvalue weighted by Crippen LogP contribution is -2.52. The maximum absolute atomic E-state index is 14.1. The van der Waals surface area contributed by atoms with Gasteiger partial charge in [-0.2, -0.15) is 23.7 Å². The van der Waals surface area contributed by atoms with Gasteiger partial charge in [-0.25, -0.2) is 4.98 Å². The van der Waals surface area contributed by atoms with E-state index in [0.717, 1.165) is 21.8 Å². The van der Waals surface area contributed by atoms with Crippen LogP contribution in [0.5, 0.6) is 0 Å². The summed E-state index contributed by atoms with van der Waals surface area (Å²) in [5.41, 5.74) is 8.73. The fourth-order valence-corrected chi connectivity index (χ4v) is 5.71. The van der Waals surface area contributed by atoms with Gasteiger partial charge in [0, 0.05) is 48.1 Å². The van der Waals surface area contributed by atoms with E-state index in [9.17, 15) is 23.7 Å². The first kappa shape index (κ1) is 30.7. The Labute approximate surface area is 264 Å².